The highest BCUT2D eigenvalue weighted by molar-refractivity contribution is 6.06. The molecular formula is C16H11FN2O2. The first-order valence-electron chi connectivity index (χ1n) is 6.30. The lowest BCUT2D eigenvalue weighted by molar-refractivity contribution is 0.102. The van der Waals surface area contributed by atoms with Crippen LogP contribution in [0.15, 0.2) is 65.4 Å². The van der Waals surface area contributed by atoms with Crippen molar-refractivity contribution in [3.63, 3.8) is 0 Å². The number of hydrogen-bond acceptors (Lipinski definition) is 3. The van der Waals surface area contributed by atoms with Crippen molar-refractivity contribution in [2.45, 2.75) is 0 Å². The number of oxazole rings is 1. The number of hydrogen-bond donors (Lipinski definition) is 1. The average molecular weight is 282 g/mol. The van der Waals surface area contributed by atoms with Crippen molar-refractivity contribution >= 4 is 11.6 Å². The van der Waals surface area contributed by atoms with E-state index in [1.807, 2.05) is 18.2 Å². The maximum absolute atomic E-state index is 12.9. The maximum Gasteiger partial charge on any atom is 0.278 e. The third kappa shape index (κ3) is 2.81. The molecule has 0 unspecified atom stereocenters. The molecule has 1 heterocycles. The van der Waals surface area contributed by atoms with Gasteiger partial charge in [0.1, 0.15) is 5.82 Å². The Morgan fingerprint density at radius 3 is 2.48 bits per heavy atom. The fourth-order valence-corrected chi connectivity index (χ4v) is 1.93. The van der Waals surface area contributed by atoms with Crippen LogP contribution in [0.4, 0.5) is 10.1 Å². The van der Waals surface area contributed by atoms with Crippen molar-refractivity contribution in [2.75, 3.05) is 5.32 Å². The van der Waals surface area contributed by atoms with Crippen LogP contribution in [0.1, 0.15) is 10.5 Å². The third-order valence-corrected chi connectivity index (χ3v) is 2.92. The van der Waals surface area contributed by atoms with Crippen LogP contribution in [0.2, 0.25) is 0 Å². The summed E-state index contributed by atoms with van der Waals surface area (Å²) in [6, 6.07) is 14.7. The van der Waals surface area contributed by atoms with E-state index in [-0.39, 0.29) is 17.4 Å². The number of para-hydroxylation sites is 1. The van der Waals surface area contributed by atoms with Crippen LogP contribution in [-0.2, 0) is 0 Å². The van der Waals surface area contributed by atoms with Gasteiger partial charge in [0.15, 0.2) is 17.8 Å². The Bertz CT molecular complexity index is 751. The first kappa shape index (κ1) is 13.1. The van der Waals surface area contributed by atoms with Gasteiger partial charge in [0, 0.05) is 11.3 Å². The molecule has 3 aromatic rings. The normalized spacial score (nSPS) is 10.3. The first-order valence-corrected chi connectivity index (χ1v) is 6.30. The molecule has 5 heteroatoms. The minimum Gasteiger partial charge on any atom is -0.443 e. The molecule has 1 N–H and O–H groups in total. The smallest absolute Gasteiger partial charge is 0.278 e. The molecule has 1 aromatic heterocycles. The molecule has 0 aliphatic heterocycles. The SMILES string of the molecule is O=C(Nc1ccccc1)c1ncoc1-c1ccc(F)cc1. The summed E-state index contributed by atoms with van der Waals surface area (Å²) in [6.07, 6.45) is 1.19. The fraction of sp³-hybridized carbons (Fsp3) is 0. The summed E-state index contributed by atoms with van der Waals surface area (Å²) in [7, 11) is 0. The van der Waals surface area contributed by atoms with E-state index in [1.54, 1.807) is 12.1 Å². The van der Waals surface area contributed by atoms with Crippen LogP contribution >= 0.6 is 0 Å². The summed E-state index contributed by atoms with van der Waals surface area (Å²) in [4.78, 5) is 16.2. The number of amides is 1. The van der Waals surface area contributed by atoms with Crippen molar-refractivity contribution in [3.8, 4) is 11.3 Å². The Labute approximate surface area is 120 Å². The molecule has 0 saturated heterocycles. The second kappa shape index (κ2) is 5.58. The molecule has 0 spiro atoms. The highest BCUT2D eigenvalue weighted by Gasteiger charge is 2.18. The van der Waals surface area contributed by atoms with E-state index in [1.165, 1.54) is 30.7 Å². The summed E-state index contributed by atoms with van der Waals surface area (Å²) in [5.74, 6) is -0.425. The zero-order valence-electron chi connectivity index (χ0n) is 10.9. The molecule has 2 aromatic carbocycles. The lowest BCUT2D eigenvalue weighted by Crippen LogP contribution is -2.13. The number of halogens is 1. The largest absolute Gasteiger partial charge is 0.443 e. The summed E-state index contributed by atoms with van der Waals surface area (Å²) in [5, 5.41) is 2.73. The Balaban J connectivity index is 1.88. The molecule has 0 radical (unpaired) electrons. The van der Waals surface area contributed by atoms with E-state index in [0.29, 0.717) is 17.0 Å². The number of nitrogens with zero attached hydrogens (tertiary/aromatic N) is 1. The molecule has 0 saturated carbocycles. The van der Waals surface area contributed by atoms with Crippen molar-refractivity contribution in [1.29, 1.82) is 0 Å². The lowest BCUT2D eigenvalue weighted by Gasteiger charge is -2.04. The zero-order chi connectivity index (χ0) is 14.7. The van der Waals surface area contributed by atoms with Gasteiger partial charge in [-0.05, 0) is 36.4 Å². The van der Waals surface area contributed by atoms with Crippen LogP contribution in [0, 0.1) is 5.82 Å². The number of carbonyl (C=O) groups is 1. The molecule has 0 aliphatic carbocycles. The van der Waals surface area contributed by atoms with E-state index < -0.39 is 0 Å². The van der Waals surface area contributed by atoms with Gasteiger partial charge in [-0.3, -0.25) is 4.79 Å². The minimum absolute atomic E-state index is 0.158. The molecule has 1 amide bonds. The lowest BCUT2D eigenvalue weighted by atomic mass is 10.1. The first-order chi connectivity index (χ1) is 10.2. The van der Waals surface area contributed by atoms with Gasteiger partial charge in [-0.15, -0.1) is 0 Å². The Kier molecular flexibility index (Phi) is 3.47. The van der Waals surface area contributed by atoms with Gasteiger partial charge < -0.3 is 9.73 Å². The molecule has 0 bridgehead atoms. The van der Waals surface area contributed by atoms with Gasteiger partial charge in [-0.2, -0.15) is 0 Å². The van der Waals surface area contributed by atoms with Crippen molar-refractivity contribution in [1.82, 2.24) is 4.98 Å². The van der Waals surface area contributed by atoms with Crippen molar-refractivity contribution in [2.24, 2.45) is 0 Å². The van der Waals surface area contributed by atoms with Crippen LogP contribution < -0.4 is 5.32 Å². The average Bonchev–Trinajstić information content (AvgIpc) is 2.98. The topological polar surface area (TPSA) is 55.1 Å². The van der Waals surface area contributed by atoms with Gasteiger partial charge in [0.05, 0.1) is 0 Å². The number of carbonyl (C=O) groups excluding carboxylic acids is 1. The predicted molar refractivity (Wildman–Crippen MR) is 76.3 cm³/mol. The highest BCUT2D eigenvalue weighted by atomic mass is 19.1. The van der Waals surface area contributed by atoms with Crippen molar-refractivity contribution < 1.29 is 13.6 Å². The summed E-state index contributed by atoms with van der Waals surface area (Å²) in [5.41, 5.74) is 1.41. The number of benzene rings is 2. The fourth-order valence-electron chi connectivity index (χ4n) is 1.93. The Morgan fingerprint density at radius 1 is 1.05 bits per heavy atom. The molecule has 0 atom stereocenters. The summed E-state index contributed by atoms with van der Waals surface area (Å²) < 4.78 is 18.2. The van der Waals surface area contributed by atoms with Gasteiger partial charge >= 0.3 is 0 Å². The standard InChI is InChI=1S/C16H11FN2O2/c17-12-8-6-11(7-9-12)15-14(18-10-21-15)16(20)19-13-4-2-1-3-5-13/h1-10H,(H,19,20). The second-order valence-corrected chi connectivity index (χ2v) is 4.36. The monoisotopic (exact) mass is 282 g/mol. The van der Waals surface area contributed by atoms with Gasteiger partial charge in [0.25, 0.3) is 5.91 Å². The molecule has 0 aliphatic rings. The van der Waals surface area contributed by atoms with E-state index >= 15 is 0 Å². The molecule has 104 valence electrons. The quantitative estimate of drug-likeness (QED) is 0.796. The summed E-state index contributed by atoms with van der Waals surface area (Å²) in [6.45, 7) is 0. The van der Waals surface area contributed by atoms with E-state index in [4.69, 9.17) is 4.42 Å². The second-order valence-electron chi connectivity index (χ2n) is 4.36. The van der Waals surface area contributed by atoms with E-state index in [9.17, 15) is 9.18 Å². The van der Waals surface area contributed by atoms with Crippen LogP contribution in [-0.4, -0.2) is 10.9 Å². The minimum atomic E-state index is -0.380. The number of aromatic nitrogens is 1. The predicted octanol–water partition coefficient (Wildman–Crippen LogP) is 3.73. The maximum atomic E-state index is 12.9. The van der Waals surface area contributed by atoms with Crippen LogP contribution in [0.3, 0.4) is 0 Å². The molecule has 0 fully saturated rings. The third-order valence-electron chi connectivity index (χ3n) is 2.92. The number of nitrogens with one attached hydrogen (secondary N) is 1. The van der Waals surface area contributed by atoms with Crippen molar-refractivity contribution in [3.05, 3.63) is 72.5 Å². The highest BCUT2D eigenvalue weighted by Crippen LogP contribution is 2.24. The van der Waals surface area contributed by atoms with E-state index in [2.05, 4.69) is 10.3 Å². The van der Waals surface area contributed by atoms with Crippen LogP contribution in [0.5, 0.6) is 0 Å². The number of rotatable bonds is 3. The molecular weight excluding hydrogens is 271 g/mol. The molecule has 4 nitrogen and oxygen atoms in total. The van der Waals surface area contributed by atoms with Gasteiger partial charge in [0.2, 0.25) is 0 Å². The Hall–Kier alpha value is -2.95. The number of anilines is 1. The zero-order valence-corrected chi connectivity index (χ0v) is 10.9. The van der Waals surface area contributed by atoms with Gasteiger partial charge in [-0.1, -0.05) is 18.2 Å². The van der Waals surface area contributed by atoms with Crippen LogP contribution in [0.25, 0.3) is 11.3 Å². The van der Waals surface area contributed by atoms with E-state index in [0.717, 1.165) is 0 Å². The molecule has 3 rings (SSSR count). The van der Waals surface area contributed by atoms with Gasteiger partial charge in [-0.25, -0.2) is 9.37 Å². The molecule has 21 heavy (non-hydrogen) atoms. The Morgan fingerprint density at radius 2 is 1.76 bits per heavy atom. The summed E-state index contributed by atoms with van der Waals surface area (Å²) >= 11 is 0.